The van der Waals surface area contributed by atoms with Crippen LogP contribution in [0.1, 0.15) is 34.0 Å². The molecule has 0 unspecified atom stereocenters. The molecule has 6 nitrogen and oxygen atoms in total. The van der Waals surface area contributed by atoms with Crippen LogP contribution in [0.25, 0.3) is 55.3 Å². The standard InChI is InChI=1S/C47H29N5O/c48-28-34-16-7-9-18-37(34)36-26-40(38-19-10-8-17-35(38)29-49)44-41(27-36)43-39(20-11-21-42(43)53-44)30-22-24-33(25-23-30)47-51-45(31-12-3-1-4-13-31)50-46(52-47)32-14-5-2-6-15-32/h1-27,47H,(H,50,51,52). The zero-order chi connectivity index (χ0) is 35.7. The molecule has 1 aliphatic heterocycles. The van der Waals surface area contributed by atoms with Gasteiger partial charge in [0.05, 0.1) is 23.3 Å². The molecule has 7 aromatic carbocycles. The lowest BCUT2D eigenvalue weighted by Crippen LogP contribution is -2.35. The van der Waals surface area contributed by atoms with E-state index in [2.05, 4.69) is 53.9 Å². The first-order chi connectivity index (χ1) is 26.2. The largest absolute Gasteiger partial charge is 0.455 e. The van der Waals surface area contributed by atoms with Crippen molar-refractivity contribution in [1.29, 1.82) is 10.5 Å². The van der Waals surface area contributed by atoms with Gasteiger partial charge in [-0.3, -0.25) is 0 Å². The normalized spacial score (nSPS) is 12.8. The first kappa shape index (κ1) is 31.4. The Kier molecular flexibility index (Phi) is 7.89. The Labute approximate surface area is 306 Å². The van der Waals surface area contributed by atoms with Crippen molar-refractivity contribution in [3.8, 4) is 45.5 Å². The van der Waals surface area contributed by atoms with Crippen molar-refractivity contribution >= 4 is 33.6 Å². The number of nitriles is 2. The van der Waals surface area contributed by atoms with Crippen LogP contribution in [0.3, 0.4) is 0 Å². The molecule has 2 heterocycles. The van der Waals surface area contributed by atoms with E-state index in [1.54, 1.807) is 0 Å². The first-order valence-corrected chi connectivity index (χ1v) is 17.3. The molecule has 0 saturated heterocycles. The number of fused-ring (bicyclic) bond motifs is 3. The highest BCUT2D eigenvalue weighted by Gasteiger charge is 2.23. The molecule has 0 spiro atoms. The minimum Gasteiger partial charge on any atom is -0.455 e. The van der Waals surface area contributed by atoms with E-state index in [9.17, 15) is 10.5 Å². The number of rotatable bonds is 6. The van der Waals surface area contributed by atoms with E-state index in [4.69, 9.17) is 14.4 Å². The zero-order valence-corrected chi connectivity index (χ0v) is 28.4. The number of hydrogen-bond donors (Lipinski definition) is 1. The molecule has 0 fully saturated rings. The van der Waals surface area contributed by atoms with E-state index in [1.165, 1.54) is 0 Å². The van der Waals surface area contributed by atoms with Crippen molar-refractivity contribution in [3.63, 3.8) is 0 Å². The Morgan fingerprint density at radius 1 is 0.491 bits per heavy atom. The minimum absolute atomic E-state index is 0.438. The number of hydrogen-bond acceptors (Lipinski definition) is 6. The second-order valence-electron chi connectivity index (χ2n) is 12.8. The highest BCUT2D eigenvalue weighted by atomic mass is 16.3. The van der Waals surface area contributed by atoms with Gasteiger partial charge in [-0.15, -0.1) is 0 Å². The molecule has 53 heavy (non-hydrogen) atoms. The number of nitrogens with zero attached hydrogens (tertiary/aromatic N) is 4. The lowest BCUT2D eigenvalue weighted by atomic mass is 9.91. The number of aliphatic imine (C=N–C) groups is 2. The molecule has 1 aliphatic rings. The molecule has 0 atom stereocenters. The minimum atomic E-state index is -0.438. The Morgan fingerprint density at radius 2 is 1.06 bits per heavy atom. The maximum absolute atomic E-state index is 10.1. The third-order valence-corrected chi connectivity index (χ3v) is 9.65. The number of furan rings is 1. The summed E-state index contributed by atoms with van der Waals surface area (Å²) in [5, 5.41) is 25.4. The van der Waals surface area contributed by atoms with Gasteiger partial charge in [0.2, 0.25) is 0 Å². The van der Waals surface area contributed by atoms with Crippen LogP contribution in [-0.2, 0) is 0 Å². The summed E-state index contributed by atoms with van der Waals surface area (Å²) < 4.78 is 6.66. The van der Waals surface area contributed by atoms with Crippen molar-refractivity contribution < 1.29 is 4.42 Å². The number of amidine groups is 2. The Balaban J connectivity index is 1.20. The maximum Gasteiger partial charge on any atom is 0.169 e. The number of benzene rings is 7. The van der Waals surface area contributed by atoms with Gasteiger partial charge >= 0.3 is 0 Å². The topological polar surface area (TPSA) is 97.5 Å². The summed E-state index contributed by atoms with van der Waals surface area (Å²) in [6.45, 7) is 0. The summed E-state index contributed by atoms with van der Waals surface area (Å²) >= 11 is 0. The summed E-state index contributed by atoms with van der Waals surface area (Å²) in [5.41, 5.74) is 10.8. The van der Waals surface area contributed by atoms with Crippen LogP contribution in [0, 0.1) is 22.7 Å². The van der Waals surface area contributed by atoms with E-state index >= 15 is 0 Å². The molecule has 248 valence electrons. The monoisotopic (exact) mass is 679 g/mol. The van der Waals surface area contributed by atoms with Crippen LogP contribution in [0.2, 0.25) is 0 Å². The van der Waals surface area contributed by atoms with E-state index in [1.807, 2.05) is 127 Å². The van der Waals surface area contributed by atoms with Crippen molar-refractivity contribution in [2.75, 3.05) is 0 Å². The van der Waals surface area contributed by atoms with Crippen molar-refractivity contribution in [3.05, 3.63) is 192 Å². The van der Waals surface area contributed by atoms with Gasteiger partial charge in [-0.1, -0.05) is 133 Å². The van der Waals surface area contributed by atoms with E-state index < -0.39 is 6.17 Å². The molecule has 6 heteroatoms. The highest BCUT2D eigenvalue weighted by molar-refractivity contribution is 6.17. The van der Waals surface area contributed by atoms with Crippen LogP contribution < -0.4 is 5.32 Å². The zero-order valence-electron chi connectivity index (χ0n) is 28.4. The van der Waals surface area contributed by atoms with E-state index in [0.29, 0.717) is 16.7 Å². The predicted octanol–water partition coefficient (Wildman–Crippen LogP) is 10.8. The summed E-state index contributed by atoms with van der Waals surface area (Å²) in [6, 6.07) is 58.7. The highest BCUT2D eigenvalue weighted by Crippen LogP contribution is 2.44. The smallest absolute Gasteiger partial charge is 0.169 e. The molecule has 0 amide bonds. The molecule has 1 aromatic heterocycles. The van der Waals surface area contributed by atoms with E-state index in [0.717, 1.165) is 78.1 Å². The number of nitrogens with one attached hydrogen (secondary N) is 1. The molecule has 1 N–H and O–H groups in total. The second-order valence-corrected chi connectivity index (χ2v) is 12.8. The lowest BCUT2D eigenvalue weighted by molar-refractivity contribution is 0.670. The van der Waals surface area contributed by atoms with Gasteiger partial charge in [0.15, 0.2) is 6.17 Å². The fourth-order valence-electron chi connectivity index (χ4n) is 7.09. The molecule has 0 bridgehead atoms. The van der Waals surface area contributed by atoms with Crippen molar-refractivity contribution in [2.45, 2.75) is 6.17 Å². The van der Waals surface area contributed by atoms with Crippen LogP contribution in [0.5, 0.6) is 0 Å². The average Bonchev–Trinajstić information content (AvgIpc) is 3.63. The summed E-state index contributed by atoms with van der Waals surface area (Å²) in [5.74, 6) is 1.54. The molecule has 0 aliphatic carbocycles. The average molecular weight is 680 g/mol. The molecule has 9 rings (SSSR count). The molecule has 8 aromatic rings. The fourth-order valence-corrected chi connectivity index (χ4v) is 7.09. The van der Waals surface area contributed by atoms with Gasteiger partial charge in [-0.05, 0) is 58.1 Å². The van der Waals surface area contributed by atoms with Gasteiger partial charge in [-0.25, -0.2) is 9.98 Å². The predicted molar refractivity (Wildman–Crippen MR) is 211 cm³/mol. The Bertz CT molecular complexity index is 2770. The Hall–Kier alpha value is -7.54. The van der Waals surface area contributed by atoms with Gasteiger partial charge in [0.25, 0.3) is 0 Å². The van der Waals surface area contributed by atoms with Crippen molar-refractivity contribution in [1.82, 2.24) is 5.32 Å². The molecule has 0 saturated carbocycles. The van der Waals surface area contributed by atoms with Gasteiger partial charge in [-0.2, -0.15) is 10.5 Å². The SMILES string of the molecule is N#Cc1ccccc1-c1cc(-c2ccccc2C#N)c2oc3cccc(-c4ccc(C5N=C(c6ccccc6)NC(c6ccccc6)=N5)cc4)c3c2c1. The Morgan fingerprint density at radius 3 is 1.70 bits per heavy atom. The lowest BCUT2D eigenvalue weighted by Gasteiger charge is -2.22. The van der Waals surface area contributed by atoms with Crippen LogP contribution in [-0.4, -0.2) is 11.7 Å². The molecular weight excluding hydrogens is 651 g/mol. The molecular formula is C47H29N5O. The summed E-state index contributed by atoms with van der Waals surface area (Å²) in [6.07, 6.45) is -0.438. The summed E-state index contributed by atoms with van der Waals surface area (Å²) in [4.78, 5) is 10.1. The third kappa shape index (κ3) is 5.71. The van der Waals surface area contributed by atoms with Gasteiger partial charge < -0.3 is 9.73 Å². The van der Waals surface area contributed by atoms with Crippen molar-refractivity contribution in [2.24, 2.45) is 9.98 Å². The van der Waals surface area contributed by atoms with Crippen LogP contribution in [0.15, 0.2) is 178 Å². The van der Waals surface area contributed by atoms with Crippen LogP contribution in [0.4, 0.5) is 0 Å². The summed E-state index contributed by atoms with van der Waals surface area (Å²) in [7, 11) is 0. The second kappa shape index (κ2) is 13.3. The maximum atomic E-state index is 10.1. The van der Waals surface area contributed by atoms with Crippen LogP contribution >= 0.6 is 0 Å². The quantitative estimate of drug-likeness (QED) is 0.189. The van der Waals surface area contributed by atoms with Gasteiger partial charge in [0, 0.05) is 33.0 Å². The van der Waals surface area contributed by atoms with Gasteiger partial charge in [0.1, 0.15) is 22.8 Å². The third-order valence-electron chi connectivity index (χ3n) is 9.65. The first-order valence-electron chi connectivity index (χ1n) is 17.3. The molecule has 0 radical (unpaired) electrons. The van der Waals surface area contributed by atoms with E-state index in [-0.39, 0.29) is 0 Å². The fraction of sp³-hybridized carbons (Fsp3) is 0.0213.